The molecule has 5 heteroatoms. The van der Waals surface area contributed by atoms with Crippen molar-refractivity contribution >= 4 is 11.6 Å². The highest BCUT2D eigenvalue weighted by Gasteiger charge is 2.12. The highest BCUT2D eigenvalue weighted by molar-refractivity contribution is 6.31. The molecule has 0 unspecified atom stereocenters. The summed E-state index contributed by atoms with van der Waals surface area (Å²) < 4.78 is 12.0. The van der Waals surface area contributed by atoms with Crippen LogP contribution in [0.3, 0.4) is 0 Å². The first-order chi connectivity index (χ1) is 13.7. The summed E-state index contributed by atoms with van der Waals surface area (Å²) in [5, 5.41) is 4.25. The third-order valence-corrected chi connectivity index (χ3v) is 5.10. The molecule has 2 aromatic carbocycles. The molecule has 4 nitrogen and oxygen atoms in total. The van der Waals surface area contributed by atoms with Crippen molar-refractivity contribution in [3.8, 4) is 11.5 Å². The second-order valence-electron chi connectivity index (χ2n) is 6.61. The maximum absolute atomic E-state index is 6.27. The van der Waals surface area contributed by atoms with Gasteiger partial charge in [0.15, 0.2) is 11.5 Å². The number of hydrogen-bond donors (Lipinski definition) is 1. The van der Waals surface area contributed by atoms with E-state index in [2.05, 4.69) is 30.1 Å². The van der Waals surface area contributed by atoms with Gasteiger partial charge in [-0.2, -0.15) is 0 Å². The van der Waals surface area contributed by atoms with E-state index in [0.717, 1.165) is 61.8 Å². The Hall–Kier alpha value is -1.75. The lowest BCUT2D eigenvalue weighted by Gasteiger charge is -2.19. The first-order valence-corrected chi connectivity index (χ1v) is 10.6. The fraction of sp³-hybridized carbons (Fsp3) is 0.478. The van der Waals surface area contributed by atoms with E-state index >= 15 is 0 Å². The van der Waals surface area contributed by atoms with E-state index in [1.807, 2.05) is 43.3 Å². The fourth-order valence-corrected chi connectivity index (χ4v) is 3.28. The van der Waals surface area contributed by atoms with Crippen LogP contribution in [0.1, 0.15) is 38.3 Å². The molecule has 0 heterocycles. The minimum Gasteiger partial charge on any atom is -0.490 e. The van der Waals surface area contributed by atoms with Crippen LogP contribution in [-0.2, 0) is 13.2 Å². The van der Waals surface area contributed by atoms with Gasteiger partial charge in [0.2, 0.25) is 0 Å². The second kappa shape index (κ2) is 12.7. The minimum atomic E-state index is 0.415. The predicted molar refractivity (Wildman–Crippen MR) is 118 cm³/mol. The average Bonchev–Trinajstić information content (AvgIpc) is 2.71. The average molecular weight is 405 g/mol. The summed E-state index contributed by atoms with van der Waals surface area (Å²) in [5.41, 5.74) is 2.06. The zero-order chi connectivity index (χ0) is 20.2. The number of nitrogens with zero attached hydrogens (tertiary/aromatic N) is 1. The molecule has 28 heavy (non-hydrogen) atoms. The molecule has 0 bridgehead atoms. The van der Waals surface area contributed by atoms with Gasteiger partial charge < -0.3 is 19.7 Å². The Kier molecular flexibility index (Phi) is 10.2. The highest BCUT2D eigenvalue weighted by Crippen LogP contribution is 2.32. The number of rotatable bonds is 13. The van der Waals surface area contributed by atoms with Crippen molar-refractivity contribution in [2.24, 2.45) is 0 Å². The molecule has 0 spiro atoms. The third kappa shape index (κ3) is 7.01. The molecule has 0 aliphatic rings. The Labute approximate surface area is 174 Å². The van der Waals surface area contributed by atoms with Crippen molar-refractivity contribution in [3.05, 3.63) is 58.6 Å². The van der Waals surface area contributed by atoms with Crippen molar-refractivity contribution in [3.63, 3.8) is 0 Å². The summed E-state index contributed by atoms with van der Waals surface area (Å²) in [6.07, 6.45) is 1.13. The van der Waals surface area contributed by atoms with Crippen molar-refractivity contribution in [1.82, 2.24) is 10.2 Å². The minimum absolute atomic E-state index is 0.415. The fourth-order valence-electron chi connectivity index (χ4n) is 3.09. The summed E-state index contributed by atoms with van der Waals surface area (Å²) in [6.45, 7) is 12.5. The van der Waals surface area contributed by atoms with Gasteiger partial charge in [0, 0.05) is 22.7 Å². The van der Waals surface area contributed by atoms with Gasteiger partial charge in [-0.25, -0.2) is 0 Å². The lowest BCUT2D eigenvalue weighted by atomic mass is 10.1. The maximum atomic E-state index is 6.27. The molecule has 2 aromatic rings. The van der Waals surface area contributed by atoms with Gasteiger partial charge in [0.1, 0.15) is 6.61 Å². The second-order valence-corrected chi connectivity index (χ2v) is 7.02. The van der Waals surface area contributed by atoms with Crippen LogP contribution in [0.15, 0.2) is 42.5 Å². The normalized spacial score (nSPS) is 11.0. The SMILES string of the molecule is CCOc1cccc(CNCCCN(CC)CC)c1OCc1ccccc1Cl. The zero-order valence-corrected chi connectivity index (χ0v) is 18.1. The number of hydrogen-bond acceptors (Lipinski definition) is 4. The summed E-state index contributed by atoms with van der Waals surface area (Å²) >= 11 is 6.27. The van der Waals surface area contributed by atoms with Gasteiger partial charge in [-0.05, 0) is 51.7 Å². The van der Waals surface area contributed by atoms with Gasteiger partial charge in [0.05, 0.1) is 6.61 Å². The van der Waals surface area contributed by atoms with Crippen LogP contribution in [0.2, 0.25) is 5.02 Å². The molecule has 0 amide bonds. The van der Waals surface area contributed by atoms with Crippen molar-refractivity contribution in [1.29, 1.82) is 0 Å². The molecule has 0 aliphatic heterocycles. The molecule has 154 valence electrons. The Morgan fingerprint density at radius 2 is 1.68 bits per heavy atom. The van der Waals surface area contributed by atoms with Crippen LogP contribution in [0.5, 0.6) is 11.5 Å². The van der Waals surface area contributed by atoms with Crippen LogP contribution >= 0.6 is 11.6 Å². The van der Waals surface area contributed by atoms with Crippen molar-refractivity contribution < 1.29 is 9.47 Å². The number of benzene rings is 2. The highest BCUT2D eigenvalue weighted by atomic mass is 35.5. The lowest BCUT2D eigenvalue weighted by Crippen LogP contribution is -2.27. The van der Waals surface area contributed by atoms with Gasteiger partial charge in [-0.1, -0.05) is 55.8 Å². The van der Waals surface area contributed by atoms with E-state index in [-0.39, 0.29) is 0 Å². The van der Waals surface area contributed by atoms with E-state index in [4.69, 9.17) is 21.1 Å². The summed E-state index contributed by atoms with van der Waals surface area (Å²) in [6, 6.07) is 13.8. The van der Waals surface area contributed by atoms with E-state index < -0.39 is 0 Å². The number of ether oxygens (including phenoxy) is 2. The molecular weight excluding hydrogens is 372 g/mol. The molecule has 0 aliphatic carbocycles. The molecule has 0 radical (unpaired) electrons. The number of halogens is 1. The number of para-hydroxylation sites is 1. The van der Waals surface area contributed by atoms with E-state index in [0.29, 0.717) is 18.2 Å². The molecular formula is C23H33ClN2O2. The van der Waals surface area contributed by atoms with Gasteiger partial charge in [-0.15, -0.1) is 0 Å². The van der Waals surface area contributed by atoms with Crippen LogP contribution in [0, 0.1) is 0 Å². The van der Waals surface area contributed by atoms with Crippen LogP contribution in [-0.4, -0.2) is 37.7 Å². The van der Waals surface area contributed by atoms with Gasteiger partial charge in [-0.3, -0.25) is 0 Å². The number of nitrogens with one attached hydrogen (secondary N) is 1. The zero-order valence-electron chi connectivity index (χ0n) is 17.3. The summed E-state index contributed by atoms with van der Waals surface area (Å²) in [7, 11) is 0. The van der Waals surface area contributed by atoms with E-state index in [9.17, 15) is 0 Å². The maximum Gasteiger partial charge on any atom is 0.166 e. The van der Waals surface area contributed by atoms with Crippen molar-refractivity contribution in [2.45, 2.75) is 40.3 Å². The predicted octanol–water partition coefficient (Wildman–Crippen LogP) is 5.14. The smallest absolute Gasteiger partial charge is 0.166 e. The molecule has 0 saturated carbocycles. The Morgan fingerprint density at radius 1 is 0.929 bits per heavy atom. The summed E-state index contributed by atoms with van der Waals surface area (Å²) in [5.74, 6) is 1.57. The monoisotopic (exact) mass is 404 g/mol. The first kappa shape index (κ1) is 22.5. The van der Waals surface area contributed by atoms with Crippen LogP contribution in [0.25, 0.3) is 0 Å². The van der Waals surface area contributed by atoms with Gasteiger partial charge in [0.25, 0.3) is 0 Å². The Balaban J connectivity index is 1.99. The van der Waals surface area contributed by atoms with Gasteiger partial charge >= 0.3 is 0 Å². The largest absolute Gasteiger partial charge is 0.490 e. The van der Waals surface area contributed by atoms with Crippen molar-refractivity contribution in [2.75, 3.05) is 32.8 Å². The molecule has 2 rings (SSSR count). The topological polar surface area (TPSA) is 33.7 Å². The first-order valence-electron chi connectivity index (χ1n) is 10.2. The van der Waals surface area contributed by atoms with Crippen LogP contribution in [0.4, 0.5) is 0 Å². The molecule has 0 atom stereocenters. The third-order valence-electron chi connectivity index (χ3n) is 4.73. The lowest BCUT2D eigenvalue weighted by molar-refractivity contribution is 0.266. The molecule has 1 N–H and O–H groups in total. The standard InChI is InChI=1S/C23H33ClN2O2/c1-4-26(5-2)16-10-15-25-17-19-12-9-14-22(27-6-3)23(19)28-18-20-11-7-8-13-21(20)24/h7-9,11-14,25H,4-6,10,15-18H2,1-3H3. The summed E-state index contributed by atoms with van der Waals surface area (Å²) in [4.78, 5) is 2.44. The Bertz CT molecular complexity index is 705. The molecule has 0 aromatic heterocycles. The Morgan fingerprint density at radius 3 is 2.39 bits per heavy atom. The molecule has 0 fully saturated rings. The van der Waals surface area contributed by atoms with E-state index in [1.165, 1.54) is 0 Å². The van der Waals surface area contributed by atoms with E-state index in [1.54, 1.807) is 0 Å². The van der Waals surface area contributed by atoms with Crippen LogP contribution < -0.4 is 14.8 Å². The molecule has 0 saturated heterocycles. The quantitative estimate of drug-likeness (QED) is 0.469.